The molecule has 0 fully saturated rings. The van der Waals surface area contributed by atoms with Crippen LogP contribution in [0.5, 0.6) is 0 Å². The van der Waals surface area contributed by atoms with E-state index in [2.05, 4.69) is 0 Å². The molecule has 0 aromatic heterocycles. The Balaban J connectivity index is 3.00. The lowest BCUT2D eigenvalue weighted by molar-refractivity contribution is -0.112. The highest BCUT2D eigenvalue weighted by Crippen LogP contribution is 2.07. The molecular weight excluding hydrogens is 166 g/mol. The first-order valence-electron chi connectivity index (χ1n) is 3.27. The van der Waals surface area contributed by atoms with Gasteiger partial charge in [0, 0.05) is 12.7 Å². The van der Waals surface area contributed by atoms with Crippen LogP contribution >= 0.6 is 0 Å². The average Bonchev–Trinajstić information content (AvgIpc) is 1.85. The lowest BCUT2D eigenvalue weighted by Crippen LogP contribution is -2.34. The third-order valence-electron chi connectivity index (χ3n) is 1.42. The molecule has 0 amide bonds. The van der Waals surface area contributed by atoms with Crippen molar-refractivity contribution in [1.29, 1.82) is 0 Å². The van der Waals surface area contributed by atoms with Gasteiger partial charge in [0.2, 0.25) is 10.0 Å². The zero-order valence-electron chi connectivity index (χ0n) is 6.15. The lowest BCUT2D eigenvalue weighted by Gasteiger charge is -2.20. The summed E-state index contributed by atoms with van der Waals surface area (Å²) >= 11 is 0. The average molecular weight is 175 g/mol. The summed E-state index contributed by atoms with van der Waals surface area (Å²) in [7, 11) is -3.33. The van der Waals surface area contributed by atoms with Crippen molar-refractivity contribution >= 4 is 15.8 Å². The Morgan fingerprint density at radius 3 is 2.73 bits per heavy atom. The highest BCUT2D eigenvalue weighted by molar-refractivity contribution is 7.90. The van der Waals surface area contributed by atoms with Crippen molar-refractivity contribution in [1.82, 2.24) is 4.31 Å². The number of ketones is 1. The van der Waals surface area contributed by atoms with E-state index >= 15 is 0 Å². The van der Waals surface area contributed by atoms with E-state index in [1.54, 1.807) is 6.92 Å². The van der Waals surface area contributed by atoms with E-state index in [1.165, 1.54) is 12.3 Å². The minimum atomic E-state index is -3.33. The standard InChI is InChI=1S/C6H9NO3S/c1-2-7-4-3-6(8)5-11(7,9)10/h3-4H,2,5H2,1H3. The van der Waals surface area contributed by atoms with E-state index in [-0.39, 0.29) is 5.78 Å². The van der Waals surface area contributed by atoms with Gasteiger partial charge in [-0.2, -0.15) is 0 Å². The molecule has 0 N–H and O–H groups in total. The summed E-state index contributed by atoms with van der Waals surface area (Å²) in [5, 5.41) is 0. The highest BCUT2D eigenvalue weighted by atomic mass is 32.2. The van der Waals surface area contributed by atoms with Gasteiger partial charge < -0.3 is 0 Å². The van der Waals surface area contributed by atoms with Gasteiger partial charge in [-0.3, -0.25) is 9.10 Å². The van der Waals surface area contributed by atoms with Crippen LogP contribution in [0.2, 0.25) is 0 Å². The van der Waals surface area contributed by atoms with Crippen molar-refractivity contribution in [3.8, 4) is 0 Å². The lowest BCUT2D eigenvalue weighted by atomic mass is 10.4. The first kappa shape index (κ1) is 8.26. The van der Waals surface area contributed by atoms with Crippen molar-refractivity contribution < 1.29 is 13.2 Å². The normalized spacial score (nSPS) is 22.3. The summed E-state index contributed by atoms with van der Waals surface area (Å²) < 4.78 is 23.3. The molecule has 4 nitrogen and oxygen atoms in total. The topological polar surface area (TPSA) is 54.5 Å². The van der Waals surface area contributed by atoms with Crippen LogP contribution in [-0.2, 0) is 14.8 Å². The highest BCUT2D eigenvalue weighted by Gasteiger charge is 2.23. The fourth-order valence-electron chi connectivity index (χ4n) is 0.872. The molecule has 5 heteroatoms. The van der Waals surface area contributed by atoms with Gasteiger partial charge in [0.25, 0.3) is 0 Å². The van der Waals surface area contributed by atoms with Gasteiger partial charge in [0.15, 0.2) is 5.78 Å². The number of nitrogens with zero attached hydrogens (tertiary/aromatic N) is 1. The van der Waals surface area contributed by atoms with Gasteiger partial charge in [0.1, 0.15) is 5.75 Å². The molecular formula is C6H9NO3S. The monoisotopic (exact) mass is 175 g/mol. The van der Waals surface area contributed by atoms with Crippen LogP contribution in [0.1, 0.15) is 6.92 Å². The van der Waals surface area contributed by atoms with E-state index in [4.69, 9.17) is 0 Å². The number of hydrogen-bond acceptors (Lipinski definition) is 3. The van der Waals surface area contributed by atoms with Crippen LogP contribution in [-0.4, -0.2) is 30.8 Å². The van der Waals surface area contributed by atoms with Gasteiger partial charge in [-0.05, 0) is 13.0 Å². The van der Waals surface area contributed by atoms with Gasteiger partial charge in [-0.1, -0.05) is 0 Å². The fourth-order valence-corrected chi connectivity index (χ4v) is 2.13. The molecule has 0 aromatic carbocycles. The van der Waals surface area contributed by atoms with Crippen molar-refractivity contribution in [3.05, 3.63) is 12.3 Å². The second-order valence-electron chi connectivity index (χ2n) is 2.24. The zero-order chi connectivity index (χ0) is 8.48. The van der Waals surface area contributed by atoms with E-state index in [0.29, 0.717) is 6.54 Å². The maximum Gasteiger partial charge on any atom is 0.242 e. The van der Waals surface area contributed by atoms with Gasteiger partial charge in [-0.15, -0.1) is 0 Å². The third kappa shape index (κ3) is 1.59. The Morgan fingerprint density at radius 1 is 1.64 bits per heavy atom. The van der Waals surface area contributed by atoms with Crippen LogP contribution in [0.3, 0.4) is 0 Å². The molecule has 0 unspecified atom stereocenters. The summed E-state index contributed by atoms with van der Waals surface area (Å²) in [6.45, 7) is 2.10. The number of hydrogen-bond donors (Lipinski definition) is 0. The van der Waals surface area contributed by atoms with Crippen LogP contribution in [0.4, 0.5) is 0 Å². The van der Waals surface area contributed by atoms with E-state index in [1.807, 2.05) is 0 Å². The third-order valence-corrected chi connectivity index (χ3v) is 3.16. The van der Waals surface area contributed by atoms with Crippen LogP contribution < -0.4 is 0 Å². The largest absolute Gasteiger partial charge is 0.294 e. The molecule has 62 valence electrons. The smallest absolute Gasteiger partial charge is 0.242 e. The minimum absolute atomic E-state index is 0.352. The maximum atomic E-state index is 11.1. The number of sulfonamides is 1. The Labute approximate surface area is 65.6 Å². The van der Waals surface area contributed by atoms with Crippen molar-refractivity contribution in [2.45, 2.75) is 6.92 Å². The summed E-state index contributed by atoms with van der Waals surface area (Å²) in [4.78, 5) is 10.6. The van der Waals surface area contributed by atoms with Crippen LogP contribution in [0.25, 0.3) is 0 Å². The SMILES string of the molecule is CCN1C=CC(=O)CS1(=O)=O. The summed E-state index contributed by atoms with van der Waals surface area (Å²) in [6, 6.07) is 0. The van der Waals surface area contributed by atoms with Gasteiger partial charge in [0.05, 0.1) is 0 Å². The quantitative estimate of drug-likeness (QED) is 0.551. The molecule has 11 heavy (non-hydrogen) atoms. The molecule has 0 atom stereocenters. The molecule has 0 saturated heterocycles. The van der Waals surface area contributed by atoms with Crippen LogP contribution in [0, 0.1) is 0 Å². The molecule has 1 aliphatic rings. The van der Waals surface area contributed by atoms with Crippen molar-refractivity contribution in [2.75, 3.05) is 12.3 Å². The summed E-state index contributed by atoms with van der Waals surface area (Å²) in [5.74, 6) is -0.744. The predicted molar refractivity (Wildman–Crippen MR) is 40.3 cm³/mol. The summed E-state index contributed by atoms with van der Waals surface area (Å²) in [6.07, 6.45) is 2.59. The van der Waals surface area contributed by atoms with Gasteiger partial charge >= 0.3 is 0 Å². The minimum Gasteiger partial charge on any atom is -0.294 e. The molecule has 0 aromatic rings. The van der Waals surface area contributed by atoms with E-state index < -0.39 is 15.8 Å². The number of carbonyl (C=O) groups excluding carboxylic acids is 1. The molecule has 0 aliphatic carbocycles. The second-order valence-corrected chi connectivity index (χ2v) is 4.16. The first-order valence-corrected chi connectivity index (χ1v) is 4.87. The van der Waals surface area contributed by atoms with E-state index in [9.17, 15) is 13.2 Å². The van der Waals surface area contributed by atoms with Crippen molar-refractivity contribution in [2.24, 2.45) is 0 Å². The molecule has 1 rings (SSSR count). The maximum absolute atomic E-state index is 11.1. The van der Waals surface area contributed by atoms with Gasteiger partial charge in [-0.25, -0.2) is 8.42 Å². The second kappa shape index (κ2) is 2.65. The zero-order valence-corrected chi connectivity index (χ0v) is 6.97. The number of allylic oxidation sites excluding steroid dienone is 1. The number of rotatable bonds is 1. The Kier molecular flexibility index (Phi) is 1.99. The molecule has 0 radical (unpaired) electrons. The fraction of sp³-hybridized carbons (Fsp3) is 0.500. The number of carbonyl (C=O) groups is 1. The van der Waals surface area contributed by atoms with E-state index in [0.717, 1.165) is 4.31 Å². The predicted octanol–water partition coefficient (Wildman–Crippen LogP) is -0.266. The molecule has 0 saturated carbocycles. The molecule has 0 spiro atoms. The molecule has 1 heterocycles. The summed E-state index contributed by atoms with van der Waals surface area (Å²) in [5.41, 5.74) is 0. The Hall–Kier alpha value is -0.840. The van der Waals surface area contributed by atoms with Crippen molar-refractivity contribution in [3.63, 3.8) is 0 Å². The molecule has 0 bridgehead atoms. The Morgan fingerprint density at radius 2 is 2.27 bits per heavy atom. The Bertz CT molecular complexity index is 291. The first-order chi connectivity index (χ1) is 5.06. The molecule has 1 aliphatic heterocycles. The van der Waals surface area contributed by atoms with Crippen LogP contribution in [0.15, 0.2) is 12.3 Å².